The number of methoxy groups -OCH3 is 2. The molecule has 0 bridgehead atoms. The number of hydrogen-bond acceptors (Lipinski definition) is 3. The topological polar surface area (TPSA) is 44.5 Å². The molecule has 4 heteroatoms. The molecule has 2 N–H and O–H groups in total. The predicted octanol–water partition coefficient (Wildman–Crippen LogP) is 10.4. The summed E-state index contributed by atoms with van der Waals surface area (Å²) in [6, 6.07) is 20.3. The molecular formula is C43H63NO2P. The summed E-state index contributed by atoms with van der Waals surface area (Å²) >= 11 is 0. The molecule has 1 radical (unpaired) electrons. The van der Waals surface area contributed by atoms with Crippen molar-refractivity contribution in [3.8, 4) is 22.6 Å². The van der Waals surface area contributed by atoms with E-state index in [-0.39, 0.29) is 0 Å². The molecule has 2 saturated carbocycles. The van der Waals surface area contributed by atoms with Crippen molar-refractivity contribution in [1.29, 1.82) is 0 Å². The molecule has 0 unspecified atom stereocenters. The molecular weight excluding hydrogens is 593 g/mol. The fourth-order valence-electron chi connectivity index (χ4n) is 9.35. The molecule has 3 aromatic rings. The number of ether oxygens (including phenoxy) is 2. The first-order valence-electron chi connectivity index (χ1n) is 18.8. The Bertz CT molecular complexity index is 1430. The molecule has 2 aliphatic carbocycles. The van der Waals surface area contributed by atoms with Gasteiger partial charge in [-0.3, -0.25) is 0 Å². The molecule has 3 aromatic carbocycles. The minimum atomic E-state index is -2.56. The predicted molar refractivity (Wildman–Crippen MR) is 207 cm³/mol. The van der Waals surface area contributed by atoms with Gasteiger partial charge in [-0.1, -0.05) is 0 Å². The Morgan fingerprint density at radius 2 is 1.23 bits per heavy atom. The third kappa shape index (κ3) is 7.05. The molecule has 0 spiro atoms. The van der Waals surface area contributed by atoms with Crippen LogP contribution in [0.4, 0.5) is 0 Å². The molecule has 2 fully saturated rings. The molecule has 47 heavy (non-hydrogen) atoms. The van der Waals surface area contributed by atoms with Crippen molar-refractivity contribution in [2.24, 2.45) is 5.73 Å². The Labute approximate surface area is 287 Å². The Morgan fingerprint density at radius 1 is 0.702 bits per heavy atom. The molecule has 2 aliphatic rings. The number of hydrogen-bond donors (Lipinski definition) is 1. The Kier molecular flexibility index (Phi) is 12.2. The van der Waals surface area contributed by atoms with E-state index in [1.54, 1.807) is 5.30 Å². The molecule has 0 aromatic heterocycles. The van der Waals surface area contributed by atoms with Crippen LogP contribution >= 0.6 is 7.26 Å². The van der Waals surface area contributed by atoms with E-state index in [0.29, 0.717) is 35.6 Å². The van der Waals surface area contributed by atoms with Crippen molar-refractivity contribution in [3.05, 3.63) is 70.8 Å². The molecule has 0 heterocycles. The second-order valence-corrected chi connectivity index (χ2v) is 19.9. The van der Waals surface area contributed by atoms with Crippen molar-refractivity contribution in [1.82, 2.24) is 0 Å². The van der Waals surface area contributed by atoms with E-state index in [1.807, 2.05) is 14.2 Å². The standard InChI is InChI=1S/C43H63NO2P/c1-29(2)33-27-37(30(3)4)41(38(28-33)31(5)6)42-39(45-7)22-23-40(46-8)43(42)47(34-17-11-9-12-18-34,35-19-13-10-14-20-35)36-21-15-16-32(26-36)24-25-44/h15,21-23,26-31,34-35,47H,9-14,17-20,24-25,44H2,1-8H3. The first-order valence-corrected chi connectivity index (χ1v) is 21.0. The quantitative estimate of drug-likeness (QED) is 0.197. The van der Waals surface area contributed by atoms with Gasteiger partial charge in [0, 0.05) is 0 Å². The summed E-state index contributed by atoms with van der Waals surface area (Å²) in [5.41, 5.74) is 15.8. The van der Waals surface area contributed by atoms with E-state index >= 15 is 0 Å². The van der Waals surface area contributed by atoms with Gasteiger partial charge in [0.15, 0.2) is 0 Å². The van der Waals surface area contributed by atoms with Crippen LogP contribution in [-0.2, 0) is 6.42 Å². The monoisotopic (exact) mass is 656 g/mol. The van der Waals surface area contributed by atoms with Crippen LogP contribution in [0.15, 0.2) is 42.5 Å². The van der Waals surface area contributed by atoms with Gasteiger partial charge in [-0.15, -0.1) is 0 Å². The van der Waals surface area contributed by atoms with Crippen LogP contribution in [0.1, 0.15) is 146 Å². The molecule has 0 aliphatic heterocycles. The second-order valence-electron chi connectivity index (χ2n) is 15.4. The van der Waals surface area contributed by atoms with Crippen LogP contribution in [0.25, 0.3) is 11.1 Å². The van der Waals surface area contributed by atoms with E-state index in [9.17, 15) is 0 Å². The summed E-state index contributed by atoms with van der Waals surface area (Å²) in [6.07, 6.45) is 14.0. The Morgan fingerprint density at radius 3 is 1.70 bits per heavy atom. The summed E-state index contributed by atoms with van der Waals surface area (Å²) in [5.74, 6) is 3.26. The number of benzene rings is 3. The van der Waals surface area contributed by atoms with Crippen molar-refractivity contribution in [2.45, 2.75) is 141 Å². The molecule has 257 valence electrons. The van der Waals surface area contributed by atoms with E-state index < -0.39 is 7.26 Å². The van der Waals surface area contributed by atoms with Gasteiger partial charge < -0.3 is 0 Å². The Balaban J connectivity index is 2.02. The van der Waals surface area contributed by atoms with Gasteiger partial charge >= 0.3 is 288 Å². The van der Waals surface area contributed by atoms with Crippen LogP contribution < -0.4 is 25.8 Å². The molecule has 5 rings (SSSR count). The third-order valence-electron chi connectivity index (χ3n) is 11.6. The van der Waals surface area contributed by atoms with Crippen LogP contribution in [0.5, 0.6) is 11.5 Å². The fraction of sp³-hybridized carbons (Fsp3) is 0.581. The molecule has 0 atom stereocenters. The number of nitrogens with two attached hydrogens (primary N) is 1. The molecule has 3 nitrogen and oxygen atoms in total. The second kappa shape index (κ2) is 15.9. The van der Waals surface area contributed by atoms with Crippen molar-refractivity contribution >= 4 is 17.9 Å². The van der Waals surface area contributed by atoms with Crippen molar-refractivity contribution in [3.63, 3.8) is 0 Å². The van der Waals surface area contributed by atoms with Crippen LogP contribution in [-0.4, -0.2) is 32.1 Å². The van der Waals surface area contributed by atoms with Gasteiger partial charge in [-0.05, 0) is 0 Å². The first kappa shape index (κ1) is 35.9. The zero-order chi connectivity index (χ0) is 33.7. The number of rotatable bonds is 12. The Hall–Kier alpha value is -2.35. The van der Waals surface area contributed by atoms with Crippen LogP contribution in [0.2, 0.25) is 0 Å². The summed E-state index contributed by atoms with van der Waals surface area (Å²) < 4.78 is 13.1. The summed E-state index contributed by atoms with van der Waals surface area (Å²) in [5, 5.41) is 3.08. The van der Waals surface area contributed by atoms with Crippen LogP contribution in [0, 0.1) is 6.07 Å². The fourth-order valence-corrected chi connectivity index (χ4v) is 16.7. The average molecular weight is 657 g/mol. The van der Waals surface area contributed by atoms with Gasteiger partial charge in [-0.2, -0.15) is 0 Å². The third-order valence-corrected chi connectivity index (χ3v) is 17.9. The maximum absolute atomic E-state index is 6.61. The van der Waals surface area contributed by atoms with E-state index in [1.165, 1.54) is 103 Å². The van der Waals surface area contributed by atoms with Crippen LogP contribution in [0.3, 0.4) is 0 Å². The molecule has 0 amide bonds. The van der Waals surface area contributed by atoms with Gasteiger partial charge in [0.25, 0.3) is 0 Å². The summed E-state index contributed by atoms with van der Waals surface area (Å²) in [6.45, 7) is 14.8. The van der Waals surface area contributed by atoms with Gasteiger partial charge in [0.1, 0.15) is 0 Å². The van der Waals surface area contributed by atoms with Crippen molar-refractivity contribution in [2.75, 3.05) is 20.8 Å². The zero-order valence-electron chi connectivity index (χ0n) is 30.8. The van der Waals surface area contributed by atoms with Crippen molar-refractivity contribution < 1.29 is 9.47 Å². The average Bonchev–Trinajstić information content (AvgIpc) is 3.09. The minimum absolute atomic E-state index is 0.368. The van der Waals surface area contributed by atoms with E-state index in [2.05, 4.69) is 90.1 Å². The zero-order valence-corrected chi connectivity index (χ0v) is 31.8. The van der Waals surface area contributed by atoms with E-state index in [0.717, 1.165) is 17.9 Å². The van der Waals surface area contributed by atoms with Gasteiger partial charge in [-0.25, -0.2) is 0 Å². The maximum atomic E-state index is 6.61. The first-order chi connectivity index (χ1) is 22.7. The SMILES string of the molecule is COc1ccc(OC)c([PH](c2cc[c]c(CCN)c2)(C2CCCCC2)C2CCCCC2)c1-c1c(C(C)C)cc(C(C)C)cc1C(C)C. The van der Waals surface area contributed by atoms with E-state index in [4.69, 9.17) is 15.2 Å². The molecule has 0 saturated heterocycles. The van der Waals surface area contributed by atoms with Gasteiger partial charge in [0.2, 0.25) is 0 Å². The van der Waals surface area contributed by atoms with Gasteiger partial charge in [0.05, 0.1) is 0 Å². The summed E-state index contributed by atoms with van der Waals surface area (Å²) in [7, 11) is 1.22. The summed E-state index contributed by atoms with van der Waals surface area (Å²) in [4.78, 5) is 0. The normalized spacial score (nSPS) is 17.1.